The maximum atomic E-state index is 13.2. The van der Waals surface area contributed by atoms with E-state index in [4.69, 9.17) is 14.9 Å². The van der Waals surface area contributed by atoms with Crippen LogP contribution in [0.1, 0.15) is 12.6 Å². The van der Waals surface area contributed by atoms with Gasteiger partial charge in [0.1, 0.15) is 5.52 Å². The van der Waals surface area contributed by atoms with Gasteiger partial charge in [0.2, 0.25) is 0 Å². The Kier molecular flexibility index (Phi) is 8.45. The molecule has 0 unspecified atom stereocenters. The van der Waals surface area contributed by atoms with Gasteiger partial charge in [-0.2, -0.15) is 0 Å². The van der Waals surface area contributed by atoms with Crippen molar-refractivity contribution < 1.29 is 9.47 Å². The topological polar surface area (TPSA) is 105 Å². The Morgan fingerprint density at radius 2 is 2.19 bits per heavy atom. The Hall–Kier alpha value is -2.88. The van der Waals surface area contributed by atoms with E-state index in [1.807, 2.05) is 13.0 Å². The molecule has 2 N–H and O–H groups in total. The van der Waals surface area contributed by atoms with Gasteiger partial charge in [0, 0.05) is 45.5 Å². The summed E-state index contributed by atoms with van der Waals surface area (Å²) in [5.41, 5.74) is 2.40. The molecule has 9 nitrogen and oxygen atoms in total. The summed E-state index contributed by atoms with van der Waals surface area (Å²) in [4.78, 5) is 24.4. The Morgan fingerprint density at radius 3 is 2.94 bits per heavy atom. The average molecular weight is 427 g/mol. The normalized spacial score (nSPS) is 14.9. The zero-order chi connectivity index (χ0) is 22.1. The van der Waals surface area contributed by atoms with Gasteiger partial charge in [-0.25, -0.2) is 4.98 Å². The molecule has 1 saturated heterocycles. The average Bonchev–Trinajstić information content (AvgIpc) is 2.80. The fourth-order valence-electron chi connectivity index (χ4n) is 3.37. The highest BCUT2D eigenvalue weighted by Gasteiger charge is 2.14. The second-order valence-electron chi connectivity index (χ2n) is 7.10. The summed E-state index contributed by atoms with van der Waals surface area (Å²) < 4.78 is 12.5. The minimum Gasteiger partial charge on any atom is -0.380 e. The predicted molar refractivity (Wildman–Crippen MR) is 123 cm³/mol. The molecule has 0 aromatic carbocycles. The highest BCUT2D eigenvalue weighted by Crippen LogP contribution is 2.18. The minimum absolute atomic E-state index is 0.188. The molecule has 1 aliphatic rings. The van der Waals surface area contributed by atoms with Crippen molar-refractivity contribution in [2.45, 2.75) is 13.5 Å². The van der Waals surface area contributed by atoms with Crippen LogP contribution in [0.25, 0.3) is 16.6 Å². The molecule has 2 aromatic heterocycles. The van der Waals surface area contributed by atoms with Crippen molar-refractivity contribution in [2.24, 2.45) is 0 Å². The standard InChI is InChI=1S/C22H30N6O3/c1-3-30-14-11-28-20-15-18(17(2)5-4-6-23)25-16-19(20)26-21(22(28)29)24-7-8-27-9-12-31-13-10-27/h4-6,15-16,23H,2-3,7-14H2,1H3,(H,24,26)/b5-4-,23-6?. The van der Waals surface area contributed by atoms with Crippen molar-refractivity contribution in [1.82, 2.24) is 19.4 Å². The summed E-state index contributed by atoms with van der Waals surface area (Å²) in [7, 11) is 0. The Labute approximate surface area is 181 Å². The van der Waals surface area contributed by atoms with E-state index in [9.17, 15) is 4.79 Å². The highest BCUT2D eigenvalue weighted by molar-refractivity contribution is 5.83. The fraction of sp³-hybridized carbons (Fsp3) is 0.455. The van der Waals surface area contributed by atoms with Crippen molar-refractivity contribution in [3.8, 4) is 0 Å². The van der Waals surface area contributed by atoms with Crippen LogP contribution in [0.15, 0.2) is 35.8 Å². The second kappa shape index (κ2) is 11.5. The van der Waals surface area contributed by atoms with E-state index in [0.717, 1.165) is 32.8 Å². The Balaban J connectivity index is 1.87. The molecule has 0 spiro atoms. The number of anilines is 1. The molecule has 1 aliphatic heterocycles. The lowest BCUT2D eigenvalue weighted by Gasteiger charge is -2.26. The van der Waals surface area contributed by atoms with Gasteiger partial charge in [0.05, 0.1) is 37.2 Å². The number of allylic oxidation sites excluding steroid dienone is 3. The number of morpholine rings is 1. The summed E-state index contributed by atoms with van der Waals surface area (Å²) in [5, 5.41) is 10.3. The highest BCUT2D eigenvalue weighted by atomic mass is 16.5. The quantitative estimate of drug-likeness (QED) is 0.321. The molecular formula is C22H30N6O3. The first-order chi connectivity index (χ1) is 15.1. The first-order valence-corrected chi connectivity index (χ1v) is 10.5. The van der Waals surface area contributed by atoms with Gasteiger partial charge in [0.25, 0.3) is 5.56 Å². The van der Waals surface area contributed by atoms with E-state index in [1.54, 1.807) is 22.9 Å². The van der Waals surface area contributed by atoms with Crippen LogP contribution >= 0.6 is 0 Å². The third kappa shape index (κ3) is 6.06. The number of hydrogen-bond acceptors (Lipinski definition) is 8. The van der Waals surface area contributed by atoms with E-state index in [0.29, 0.717) is 54.4 Å². The van der Waals surface area contributed by atoms with Crippen molar-refractivity contribution in [2.75, 3.05) is 57.9 Å². The van der Waals surface area contributed by atoms with Gasteiger partial charge in [0.15, 0.2) is 5.82 Å². The lowest BCUT2D eigenvalue weighted by Crippen LogP contribution is -2.39. The van der Waals surface area contributed by atoms with Crippen molar-refractivity contribution >= 4 is 28.6 Å². The molecule has 0 radical (unpaired) electrons. The molecule has 166 valence electrons. The SMILES string of the molecule is C=C(/C=C\C=N)c1cc2c(cn1)nc(NCCN1CCOCC1)c(=O)n2CCOCC. The first kappa shape index (κ1) is 22.8. The molecule has 3 heterocycles. The number of pyridine rings is 1. The number of ether oxygens (including phenoxy) is 2. The molecule has 31 heavy (non-hydrogen) atoms. The fourth-order valence-corrected chi connectivity index (χ4v) is 3.37. The van der Waals surface area contributed by atoms with Crippen molar-refractivity contribution in [1.29, 1.82) is 5.41 Å². The van der Waals surface area contributed by atoms with Crippen LogP contribution in [-0.4, -0.2) is 78.3 Å². The van der Waals surface area contributed by atoms with E-state index in [1.165, 1.54) is 6.21 Å². The zero-order valence-electron chi connectivity index (χ0n) is 18.0. The summed E-state index contributed by atoms with van der Waals surface area (Å²) in [6, 6.07) is 1.81. The molecule has 3 rings (SSSR count). The molecule has 0 bridgehead atoms. The van der Waals surface area contributed by atoms with Crippen LogP contribution in [0.3, 0.4) is 0 Å². The summed E-state index contributed by atoms with van der Waals surface area (Å²) in [6.45, 7) is 12.1. The Morgan fingerprint density at radius 1 is 1.39 bits per heavy atom. The van der Waals surface area contributed by atoms with Gasteiger partial charge in [-0.15, -0.1) is 0 Å². The molecule has 0 saturated carbocycles. The van der Waals surface area contributed by atoms with Gasteiger partial charge in [-0.05, 0) is 24.6 Å². The van der Waals surface area contributed by atoms with E-state index in [2.05, 4.69) is 26.8 Å². The molecular weight excluding hydrogens is 396 g/mol. The van der Waals surface area contributed by atoms with Crippen LogP contribution in [0, 0.1) is 5.41 Å². The predicted octanol–water partition coefficient (Wildman–Crippen LogP) is 1.79. The smallest absolute Gasteiger partial charge is 0.293 e. The lowest BCUT2D eigenvalue weighted by atomic mass is 10.1. The van der Waals surface area contributed by atoms with E-state index < -0.39 is 0 Å². The van der Waals surface area contributed by atoms with Crippen LogP contribution in [0.5, 0.6) is 0 Å². The van der Waals surface area contributed by atoms with Crippen LogP contribution in [0.2, 0.25) is 0 Å². The van der Waals surface area contributed by atoms with Gasteiger partial charge in [-0.1, -0.05) is 12.7 Å². The summed E-state index contributed by atoms with van der Waals surface area (Å²) in [6.07, 6.45) is 6.12. The maximum Gasteiger partial charge on any atom is 0.293 e. The van der Waals surface area contributed by atoms with Crippen LogP contribution < -0.4 is 10.9 Å². The van der Waals surface area contributed by atoms with Crippen LogP contribution in [0.4, 0.5) is 5.82 Å². The zero-order valence-corrected chi connectivity index (χ0v) is 18.0. The summed E-state index contributed by atoms with van der Waals surface area (Å²) in [5.74, 6) is 0.314. The minimum atomic E-state index is -0.188. The van der Waals surface area contributed by atoms with E-state index >= 15 is 0 Å². The summed E-state index contributed by atoms with van der Waals surface area (Å²) >= 11 is 0. The lowest BCUT2D eigenvalue weighted by molar-refractivity contribution is 0.0398. The third-order valence-electron chi connectivity index (χ3n) is 5.04. The number of aromatic nitrogens is 3. The van der Waals surface area contributed by atoms with Crippen LogP contribution in [-0.2, 0) is 16.0 Å². The second-order valence-corrected chi connectivity index (χ2v) is 7.10. The van der Waals surface area contributed by atoms with Gasteiger partial charge in [-0.3, -0.25) is 14.7 Å². The van der Waals surface area contributed by atoms with E-state index in [-0.39, 0.29) is 5.56 Å². The van der Waals surface area contributed by atoms with Crippen molar-refractivity contribution in [3.63, 3.8) is 0 Å². The number of fused-ring (bicyclic) bond motifs is 1. The number of hydrogen-bond donors (Lipinski definition) is 2. The molecule has 2 aromatic rings. The molecule has 0 atom stereocenters. The van der Waals surface area contributed by atoms with Gasteiger partial charge >= 0.3 is 0 Å². The molecule has 0 aliphatic carbocycles. The van der Waals surface area contributed by atoms with Gasteiger partial charge < -0.3 is 24.8 Å². The number of nitrogens with one attached hydrogen (secondary N) is 2. The molecule has 1 fully saturated rings. The first-order valence-electron chi connectivity index (χ1n) is 10.5. The molecule has 0 amide bonds. The monoisotopic (exact) mass is 426 g/mol. The van der Waals surface area contributed by atoms with Crippen molar-refractivity contribution in [3.05, 3.63) is 47.0 Å². The number of rotatable bonds is 11. The largest absolute Gasteiger partial charge is 0.380 e. The number of nitrogens with zero attached hydrogens (tertiary/aromatic N) is 4. The molecule has 9 heteroatoms. The Bertz CT molecular complexity index is 995. The third-order valence-corrected chi connectivity index (χ3v) is 5.04. The maximum absolute atomic E-state index is 13.2.